The molecule has 76 valence electrons. The van der Waals surface area contributed by atoms with Crippen molar-refractivity contribution in [1.82, 2.24) is 9.78 Å². The standard InChI is InChI=1S/C8H10BrN3O2/c1-11-8(14)7(9)6(2-10-11)12-3-5(13)4-12/h2,5,13H,3-4H2,1H3. The Bertz CT molecular complexity index is 412. The summed E-state index contributed by atoms with van der Waals surface area (Å²) >= 11 is 3.23. The van der Waals surface area contributed by atoms with E-state index in [4.69, 9.17) is 5.11 Å². The lowest BCUT2D eigenvalue weighted by molar-refractivity contribution is 0.141. The van der Waals surface area contributed by atoms with E-state index in [9.17, 15) is 4.79 Å². The van der Waals surface area contributed by atoms with Gasteiger partial charge in [0.05, 0.1) is 18.0 Å². The fourth-order valence-corrected chi connectivity index (χ4v) is 1.98. The van der Waals surface area contributed by atoms with Gasteiger partial charge in [0.15, 0.2) is 0 Å². The molecule has 0 bridgehead atoms. The van der Waals surface area contributed by atoms with Crippen molar-refractivity contribution < 1.29 is 5.11 Å². The maximum Gasteiger partial charge on any atom is 0.282 e. The van der Waals surface area contributed by atoms with E-state index < -0.39 is 0 Å². The van der Waals surface area contributed by atoms with E-state index in [0.29, 0.717) is 17.6 Å². The molecule has 1 saturated heterocycles. The molecule has 1 fully saturated rings. The fraction of sp³-hybridized carbons (Fsp3) is 0.500. The number of rotatable bonds is 1. The molecule has 5 nitrogen and oxygen atoms in total. The number of nitrogens with zero attached hydrogens (tertiary/aromatic N) is 3. The Labute approximate surface area is 89.1 Å². The van der Waals surface area contributed by atoms with E-state index in [1.807, 2.05) is 4.90 Å². The number of anilines is 1. The first-order chi connectivity index (χ1) is 6.59. The molecule has 0 atom stereocenters. The maximum atomic E-state index is 11.5. The summed E-state index contributed by atoms with van der Waals surface area (Å²) in [6, 6.07) is 0. The molecular formula is C8H10BrN3O2. The molecule has 6 heteroatoms. The number of aryl methyl sites for hydroxylation is 1. The lowest BCUT2D eigenvalue weighted by atomic mass is 10.1. The molecule has 1 aliphatic heterocycles. The van der Waals surface area contributed by atoms with Crippen LogP contribution in [0.2, 0.25) is 0 Å². The topological polar surface area (TPSA) is 58.4 Å². The Kier molecular flexibility index (Phi) is 2.32. The number of hydrogen-bond donors (Lipinski definition) is 1. The highest BCUT2D eigenvalue weighted by atomic mass is 79.9. The summed E-state index contributed by atoms with van der Waals surface area (Å²) in [5, 5.41) is 13.1. The summed E-state index contributed by atoms with van der Waals surface area (Å²) in [7, 11) is 1.60. The van der Waals surface area contributed by atoms with Gasteiger partial charge in [0.25, 0.3) is 5.56 Å². The Morgan fingerprint density at radius 3 is 2.86 bits per heavy atom. The normalized spacial score (nSPS) is 16.9. The Morgan fingerprint density at radius 2 is 2.29 bits per heavy atom. The third-order valence-corrected chi connectivity index (χ3v) is 3.01. The smallest absolute Gasteiger partial charge is 0.282 e. The summed E-state index contributed by atoms with van der Waals surface area (Å²) in [4.78, 5) is 13.4. The van der Waals surface area contributed by atoms with Crippen molar-refractivity contribution in [3.63, 3.8) is 0 Å². The third-order valence-electron chi connectivity index (χ3n) is 2.26. The summed E-state index contributed by atoms with van der Waals surface area (Å²) in [6.07, 6.45) is 1.34. The molecule has 1 aromatic rings. The molecule has 0 aromatic carbocycles. The SMILES string of the molecule is Cn1ncc(N2CC(O)C2)c(Br)c1=O. The second-order valence-electron chi connectivity index (χ2n) is 3.33. The van der Waals surface area contributed by atoms with Gasteiger partial charge >= 0.3 is 0 Å². The lowest BCUT2D eigenvalue weighted by Gasteiger charge is -2.37. The zero-order valence-corrected chi connectivity index (χ0v) is 9.23. The van der Waals surface area contributed by atoms with Crippen LogP contribution in [0.5, 0.6) is 0 Å². The van der Waals surface area contributed by atoms with Crippen LogP contribution in [0.25, 0.3) is 0 Å². The predicted molar refractivity (Wildman–Crippen MR) is 55.4 cm³/mol. The van der Waals surface area contributed by atoms with Gasteiger partial charge in [0.2, 0.25) is 0 Å². The second kappa shape index (κ2) is 3.36. The van der Waals surface area contributed by atoms with Crippen molar-refractivity contribution >= 4 is 21.6 Å². The van der Waals surface area contributed by atoms with Crippen LogP contribution in [0, 0.1) is 0 Å². The lowest BCUT2D eigenvalue weighted by Crippen LogP contribution is -2.51. The second-order valence-corrected chi connectivity index (χ2v) is 4.12. The Balaban J connectivity index is 2.36. The fourth-order valence-electron chi connectivity index (χ4n) is 1.37. The summed E-state index contributed by atoms with van der Waals surface area (Å²) < 4.78 is 1.77. The van der Waals surface area contributed by atoms with Crippen LogP contribution in [-0.4, -0.2) is 34.1 Å². The molecule has 2 heterocycles. The summed E-state index contributed by atoms with van der Waals surface area (Å²) in [6.45, 7) is 1.13. The molecule has 0 aliphatic carbocycles. The van der Waals surface area contributed by atoms with Crippen molar-refractivity contribution in [2.75, 3.05) is 18.0 Å². The van der Waals surface area contributed by atoms with Crippen LogP contribution < -0.4 is 10.5 Å². The van der Waals surface area contributed by atoms with Crippen molar-refractivity contribution in [3.05, 3.63) is 21.0 Å². The minimum atomic E-state index is -0.286. The molecule has 0 unspecified atom stereocenters. The summed E-state index contributed by atoms with van der Waals surface area (Å²) in [5.74, 6) is 0. The van der Waals surface area contributed by atoms with Gasteiger partial charge in [-0.05, 0) is 15.9 Å². The minimum Gasteiger partial charge on any atom is -0.389 e. The monoisotopic (exact) mass is 259 g/mol. The first-order valence-corrected chi connectivity index (χ1v) is 5.03. The van der Waals surface area contributed by atoms with Gasteiger partial charge in [-0.1, -0.05) is 0 Å². The van der Waals surface area contributed by atoms with Gasteiger partial charge in [-0.15, -0.1) is 0 Å². The van der Waals surface area contributed by atoms with Crippen molar-refractivity contribution in [2.24, 2.45) is 7.05 Å². The van der Waals surface area contributed by atoms with Gasteiger partial charge in [0.1, 0.15) is 4.47 Å². The zero-order valence-electron chi connectivity index (χ0n) is 7.64. The molecule has 1 aliphatic rings. The highest BCUT2D eigenvalue weighted by Gasteiger charge is 2.27. The highest BCUT2D eigenvalue weighted by Crippen LogP contribution is 2.25. The molecule has 0 saturated carbocycles. The first-order valence-electron chi connectivity index (χ1n) is 4.24. The Hall–Kier alpha value is -0.880. The number of β-amino-alcohol motifs (C(OH)–C–C–N with tert-alkyl or cyclic N) is 1. The predicted octanol–water partition coefficient (Wildman–Crippen LogP) is -0.276. The Morgan fingerprint density at radius 1 is 1.64 bits per heavy atom. The van der Waals surface area contributed by atoms with Gasteiger partial charge in [0, 0.05) is 20.1 Å². The van der Waals surface area contributed by atoms with E-state index in [2.05, 4.69) is 21.0 Å². The van der Waals surface area contributed by atoms with Gasteiger partial charge in [-0.3, -0.25) is 4.79 Å². The van der Waals surface area contributed by atoms with E-state index in [0.717, 1.165) is 5.69 Å². The number of aliphatic hydroxyl groups excluding tert-OH is 1. The average molecular weight is 260 g/mol. The molecule has 0 amide bonds. The largest absolute Gasteiger partial charge is 0.389 e. The number of aromatic nitrogens is 2. The van der Waals surface area contributed by atoms with Crippen molar-refractivity contribution in [1.29, 1.82) is 0 Å². The van der Waals surface area contributed by atoms with Crippen LogP contribution in [0.1, 0.15) is 0 Å². The van der Waals surface area contributed by atoms with Crippen LogP contribution in [0.4, 0.5) is 5.69 Å². The number of hydrogen-bond acceptors (Lipinski definition) is 4. The van der Waals surface area contributed by atoms with Crippen LogP contribution in [0.3, 0.4) is 0 Å². The number of halogens is 1. The number of aliphatic hydroxyl groups is 1. The van der Waals surface area contributed by atoms with E-state index in [-0.39, 0.29) is 11.7 Å². The molecule has 14 heavy (non-hydrogen) atoms. The van der Waals surface area contributed by atoms with Crippen LogP contribution >= 0.6 is 15.9 Å². The minimum absolute atomic E-state index is 0.163. The molecular weight excluding hydrogens is 250 g/mol. The van der Waals surface area contributed by atoms with Crippen molar-refractivity contribution in [3.8, 4) is 0 Å². The molecule has 1 aromatic heterocycles. The maximum absolute atomic E-state index is 11.5. The quantitative estimate of drug-likeness (QED) is 0.754. The summed E-state index contributed by atoms with van der Waals surface area (Å²) in [5.41, 5.74) is 0.585. The van der Waals surface area contributed by atoms with Crippen LogP contribution in [-0.2, 0) is 7.05 Å². The average Bonchev–Trinajstić information content (AvgIpc) is 2.11. The molecule has 0 spiro atoms. The van der Waals surface area contributed by atoms with Gasteiger partial charge in [-0.2, -0.15) is 5.10 Å². The van der Waals surface area contributed by atoms with Gasteiger partial charge < -0.3 is 10.0 Å². The highest BCUT2D eigenvalue weighted by molar-refractivity contribution is 9.10. The van der Waals surface area contributed by atoms with Crippen LogP contribution in [0.15, 0.2) is 15.5 Å². The van der Waals surface area contributed by atoms with E-state index in [1.165, 1.54) is 4.68 Å². The van der Waals surface area contributed by atoms with E-state index >= 15 is 0 Å². The zero-order chi connectivity index (χ0) is 10.3. The van der Waals surface area contributed by atoms with Gasteiger partial charge in [-0.25, -0.2) is 4.68 Å². The first kappa shape index (κ1) is 9.67. The molecule has 1 N–H and O–H groups in total. The molecule has 2 rings (SSSR count). The third kappa shape index (κ3) is 1.44. The molecule has 0 radical (unpaired) electrons. The van der Waals surface area contributed by atoms with E-state index in [1.54, 1.807) is 13.2 Å². The van der Waals surface area contributed by atoms with Crippen molar-refractivity contribution in [2.45, 2.75) is 6.10 Å².